The summed E-state index contributed by atoms with van der Waals surface area (Å²) in [6.45, 7) is 0.504. The third-order valence-electron chi connectivity index (χ3n) is 4.95. The summed E-state index contributed by atoms with van der Waals surface area (Å²) in [6.07, 6.45) is 1.04. The molecule has 3 rings (SSSR count). The van der Waals surface area contributed by atoms with Gasteiger partial charge in [0.1, 0.15) is 11.5 Å². The first-order valence-electron chi connectivity index (χ1n) is 9.02. The van der Waals surface area contributed by atoms with E-state index in [1.165, 1.54) is 0 Å². The van der Waals surface area contributed by atoms with Gasteiger partial charge in [-0.1, -0.05) is 60.7 Å². The number of likely N-dealkylation sites (tertiary alicyclic amines) is 1. The number of amides is 1. The second-order valence-electron chi connectivity index (χ2n) is 6.97. The van der Waals surface area contributed by atoms with Crippen LogP contribution < -0.4 is 0 Å². The number of carbonyl (C=O) groups excluding carboxylic acids is 1. The van der Waals surface area contributed by atoms with E-state index in [4.69, 9.17) is 4.18 Å². The third-order valence-corrected chi connectivity index (χ3v) is 5.57. The Morgan fingerprint density at radius 3 is 2.04 bits per heavy atom. The van der Waals surface area contributed by atoms with E-state index < -0.39 is 21.6 Å². The number of carbonyl (C=O) groups is 1. The van der Waals surface area contributed by atoms with Crippen molar-refractivity contribution in [3.05, 3.63) is 71.8 Å². The van der Waals surface area contributed by atoms with Crippen molar-refractivity contribution in [3.8, 4) is 6.07 Å². The number of hydrogen-bond donors (Lipinski definition) is 0. The fourth-order valence-corrected chi connectivity index (χ4v) is 4.10. The minimum Gasteiger partial charge on any atom is -0.337 e. The zero-order chi connectivity index (χ0) is 20.2. The van der Waals surface area contributed by atoms with E-state index in [-0.39, 0.29) is 25.4 Å². The van der Waals surface area contributed by atoms with Gasteiger partial charge < -0.3 is 4.90 Å². The maximum atomic E-state index is 12.6. The lowest BCUT2D eigenvalue weighted by Gasteiger charge is -2.38. The Kier molecular flexibility index (Phi) is 5.82. The Balaban J connectivity index is 1.73. The van der Waals surface area contributed by atoms with Crippen LogP contribution >= 0.6 is 0 Å². The van der Waals surface area contributed by atoms with Crippen LogP contribution in [-0.2, 0) is 24.5 Å². The second kappa shape index (κ2) is 8.13. The molecule has 146 valence electrons. The monoisotopic (exact) mass is 398 g/mol. The molecule has 1 aliphatic rings. The van der Waals surface area contributed by atoms with E-state index in [9.17, 15) is 18.5 Å². The van der Waals surface area contributed by atoms with Crippen molar-refractivity contribution < 1.29 is 17.4 Å². The van der Waals surface area contributed by atoms with Crippen molar-refractivity contribution in [1.82, 2.24) is 4.90 Å². The normalized spacial score (nSPS) is 14.9. The molecule has 0 spiro atoms. The zero-order valence-corrected chi connectivity index (χ0v) is 16.4. The topological polar surface area (TPSA) is 87.5 Å². The minimum absolute atomic E-state index is 0.111. The van der Waals surface area contributed by atoms with Crippen LogP contribution in [-0.4, -0.2) is 44.7 Å². The summed E-state index contributed by atoms with van der Waals surface area (Å²) in [5.74, 6) is -0.111. The lowest BCUT2D eigenvalue weighted by atomic mass is 9.72. The van der Waals surface area contributed by atoms with E-state index >= 15 is 0 Å². The lowest BCUT2D eigenvalue weighted by molar-refractivity contribution is -0.140. The molecule has 28 heavy (non-hydrogen) atoms. The van der Waals surface area contributed by atoms with Crippen molar-refractivity contribution in [2.75, 3.05) is 19.3 Å². The first-order valence-corrected chi connectivity index (χ1v) is 10.8. The number of benzene rings is 2. The molecule has 1 fully saturated rings. The summed E-state index contributed by atoms with van der Waals surface area (Å²) in [5, 5.41) is 10.1. The van der Waals surface area contributed by atoms with E-state index in [0.29, 0.717) is 6.42 Å². The van der Waals surface area contributed by atoms with Crippen molar-refractivity contribution >= 4 is 16.0 Å². The summed E-state index contributed by atoms with van der Waals surface area (Å²) >= 11 is 0. The van der Waals surface area contributed by atoms with Gasteiger partial charge in [0.05, 0.1) is 25.4 Å². The molecule has 2 aromatic carbocycles. The molecule has 7 heteroatoms. The van der Waals surface area contributed by atoms with Crippen LogP contribution in [0.1, 0.15) is 24.0 Å². The highest BCUT2D eigenvalue weighted by molar-refractivity contribution is 7.86. The number of nitrogens with zero attached hydrogens (tertiary/aromatic N) is 2. The molecule has 0 aromatic heterocycles. The first kappa shape index (κ1) is 20.1. The molecule has 1 saturated heterocycles. The van der Waals surface area contributed by atoms with Crippen LogP contribution in [0.15, 0.2) is 60.7 Å². The van der Waals surface area contributed by atoms with Gasteiger partial charge in [0.25, 0.3) is 10.1 Å². The van der Waals surface area contributed by atoms with Gasteiger partial charge in [-0.15, -0.1) is 0 Å². The number of hydrogen-bond acceptors (Lipinski definition) is 5. The molecule has 1 aliphatic heterocycles. The second-order valence-corrected chi connectivity index (χ2v) is 8.57. The summed E-state index contributed by atoms with van der Waals surface area (Å²) in [6, 6.07) is 21.4. The molecule has 0 radical (unpaired) electrons. The van der Waals surface area contributed by atoms with Crippen LogP contribution in [0.5, 0.6) is 0 Å². The zero-order valence-electron chi connectivity index (χ0n) is 15.6. The van der Waals surface area contributed by atoms with Crippen molar-refractivity contribution in [3.63, 3.8) is 0 Å². The molecule has 0 saturated carbocycles. The van der Waals surface area contributed by atoms with Gasteiger partial charge in [-0.2, -0.15) is 13.7 Å². The summed E-state index contributed by atoms with van der Waals surface area (Å²) in [5.41, 5.74) is 0.767. The van der Waals surface area contributed by atoms with Crippen LogP contribution in [0, 0.1) is 11.3 Å². The van der Waals surface area contributed by atoms with E-state index in [0.717, 1.165) is 17.4 Å². The third kappa shape index (κ3) is 4.41. The number of nitriles is 1. The first-order chi connectivity index (χ1) is 13.3. The van der Waals surface area contributed by atoms with Gasteiger partial charge in [-0.05, 0) is 17.5 Å². The predicted octanol–water partition coefficient (Wildman–Crippen LogP) is 2.46. The Morgan fingerprint density at radius 2 is 1.61 bits per heavy atom. The van der Waals surface area contributed by atoms with Gasteiger partial charge in [0, 0.05) is 6.42 Å². The fraction of sp³-hybridized carbons (Fsp3) is 0.333. The van der Waals surface area contributed by atoms with Gasteiger partial charge in [0.2, 0.25) is 5.91 Å². The molecule has 0 unspecified atom stereocenters. The van der Waals surface area contributed by atoms with Crippen LogP contribution in [0.2, 0.25) is 0 Å². The lowest BCUT2D eigenvalue weighted by Crippen LogP contribution is -2.55. The molecular formula is C21H22N2O4S. The molecule has 0 N–H and O–H groups in total. The highest BCUT2D eigenvalue weighted by atomic mass is 32.2. The van der Waals surface area contributed by atoms with E-state index in [1.807, 2.05) is 60.7 Å². The summed E-state index contributed by atoms with van der Waals surface area (Å²) in [7, 11) is -3.53. The van der Waals surface area contributed by atoms with Gasteiger partial charge in [-0.25, -0.2) is 0 Å². The molecule has 0 aliphatic carbocycles. The molecule has 6 nitrogen and oxygen atoms in total. The smallest absolute Gasteiger partial charge is 0.264 e. The summed E-state index contributed by atoms with van der Waals surface area (Å²) < 4.78 is 27.2. The SMILES string of the molecule is CS(=O)(=O)OC1CN(C(=O)CCC(C#N)(c2ccccc2)c2ccccc2)C1. The Morgan fingerprint density at radius 1 is 1.11 bits per heavy atom. The Bertz CT molecular complexity index is 923. The standard InChI is InChI=1S/C21H22N2O4S/c1-28(25,26)27-19-14-23(15-19)20(24)12-13-21(16-22,17-8-4-2-5-9-17)18-10-6-3-7-11-18/h2-11,19H,12-15H2,1H3. The van der Waals surface area contributed by atoms with E-state index in [2.05, 4.69) is 6.07 Å². The number of rotatable bonds is 7. The molecule has 0 bridgehead atoms. The molecule has 0 atom stereocenters. The predicted molar refractivity (Wildman–Crippen MR) is 105 cm³/mol. The van der Waals surface area contributed by atoms with Gasteiger partial charge in [0.15, 0.2) is 0 Å². The minimum atomic E-state index is -3.53. The Hall–Kier alpha value is -2.69. The van der Waals surface area contributed by atoms with E-state index in [1.54, 1.807) is 4.90 Å². The van der Waals surface area contributed by atoms with Crippen molar-refractivity contribution in [1.29, 1.82) is 5.26 Å². The van der Waals surface area contributed by atoms with Crippen LogP contribution in [0.4, 0.5) is 0 Å². The fourth-order valence-electron chi connectivity index (χ4n) is 3.49. The highest BCUT2D eigenvalue weighted by Crippen LogP contribution is 2.36. The quantitative estimate of drug-likeness (QED) is 0.669. The van der Waals surface area contributed by atoms with Gasteiger partial charge in [-0.3, -0.25) is 8.98 Å². The molecular weight excluding hydrogens is 376 g/mol. The van der Waals surface area contributed by atoms with Crippen molar-refractivity contribution in [2.24, 2.45) is 0 Å². The molecule has 1 amide bonds. The summed E-state index contributed by atoms with van der Waals surface area (Å²) in [4.78, 5) is 14.1. The van der Waals surface area contributed by atoms with Crippen molar-refractivity contribution in [2.45, 2.75) is 24.4 Å². The maximum absolute atomic E-state index is 12.6. The average molecular weight is 398 g/mol. The molecule has 2 aromatic rings. The largest absolute Gasteiger partial charge is 0.337 e. The molecule has 1 heterocycles. The van der Waals surface area contributed by atoms with Gasteiger partial charge >= 0.3 is 0 Å². The Labute approximate surface area is 165 Å². The highest BCUT2D eigenvalue weighted by Gasteiger charge is 2.38. The van der Waals surface area contributed by atoms with Crippen LogP contribution in [0.25, 0.3) is 0 Å². The van der Waals surface area contributed by atoms with Crippen LogP contribution in [0.3, 0.4) is 0 Å². The average Bonchev–Trinajstić information content (AvgIpc) is 2.66. The maximum Gasteiger partial charge on any atom is 0.264 e.